The Hall–Kier alpha value is -0.940. The quantitative estimate of drug-likeness (QED) is 0.869. The van der Waals surface area contributed by atoms with Gasteiger partial charge in [0.2, 0.25) is 0 Å². The molecule has 3 heterocycles. The van der Waals surface area contributed by atoms with Crippen molar-refractivity contribution in [2.45, 2.75) is 45.2 Å². The number of hydrogen-bond donors (Lipinski definition) is 1. The van der Waals surface area contributed by atoms with Crippen molar-refractivity contribution in [1.82, 2.24) is 19.7 Å². The topological polar surface area (TPSA) is 54.2 Å². The first-order valence-electron chi connectivity index (χ1n) is 7.10. The van der Waals surface area contributed by atoms with Crippen LogP contribution in [-0.4, -0.2) is 44.5 Å². The van der Waals surface area contributed by atoms with E-state index < -0.39 is 0 Å². The van der Waals surface area contributed by atoms with Crippen LogP contribution < -0.4 is 0 Å². The van der Waals surface area contributed by atoms with Crippen LogP contribution in [0.3, 0.4) is 0 Å². The minimum Gasteiger partial charge on any atom is -0.396 e. The van der Waals surface area contributed by atoms with Gasteiger partial charge in [0.25, 0.3) is 0 Å². The molecule has 2 aliphatic heterocycles. The molecule has 100 valence electrons. The minimum absolute atomic E-state index is 0.277. The summed E-state index contributed by atoms with van der Waals surface area (Å²) < 4.78 is 2.27. The van der Waals surface area contributed by atoms with Crippen molar-refractivity contribution in [3.63, 3.8) is 0 Å². The highest BCUT2D eigenvalue weighted by molar-refractivity contribution is 5.06. The molecule has 0 amide bonds. The summed E-state index contributed by atoms with van der Waals surface area (Å²) in [5.41, 5.74) is 0. The predicted octanol–water partition coefficient (Wildman–Crippen LogP) is 0.990. The van der Waals surface area contributed by atoms with E-state index in [0.29, 0.717) is 12.0 Å². The van der Waals surface area contributed by atoms with E-state index in [1.54, 1.807) is 0 Å². The van der Waals surface area contributed by atoms with E-state index in [2.05, 4.69) is 26.6 Å². The van der Waals surface area contributed by atoms with Crippen molar-refractivity contribution in [3.8, 4) is 0 Å². The molecule has 1 fully saturated rings. The molecule has 1 N–H and O–H groups in total. The first-order chi connectivity index (χ1) is 8.83. The molecule has 0 radical (unpaired) electrons. The van der Waals surface area contributed by atoms with Gasteiger partial charge in [-0.1, -0.05) is 6.92 Å². The molecule has 1 aromatic heterocycles. The Bertz CT molecular complexity index is 417. The molecule has 0 aliphatic carbocycles. The van der Waals surface area contributed by atoms with Crippen molar-refractivity contribution >= 4 is 0 Å². The molecule has 0 aromatic carbocycles. The molecular weight excluding hydrogens is 228 g/mol. The van der Waals surface area contributed by atoms with Crippen molar-refractivity contribution in [1.29, 1.82) is 0 Å². The zero-order valence-corrected chi connectivity index (χ0v) is 11.0. The maximum Gasteiger partial charge on any atom is 0.150 e. The molecule has 1 aromatic rings. The Morgan fingerprint density at radius 3 is 3.00 bits per heavy atom. The van der Waals surface area contributed by atoms with Crippen molar-refractivity contribution in [3.05, 3.63) is 11.6 Å². The van der Waals surface area contributed by atoms with E-state index in [4.69, 9.17) is 0 Å². The molecule has 0 spiro atoms. The molecule has 5 nitrogen and oxygen atoms in total. The Labute approximate surface area is 108 Å². The third-order valence-electron chi connectivity index (χ3n) is 4.40. The summed E-state index contributed by atoms with van der Waals surface area (Å²) in [6.07, 6.45) is 4.44. The fourth-order valence-electron chi connectivity index (χ4n) is 3.31. The normalized spacial score (nSPS) is 28.6. The van der Waals surface area contributed by atoms with Crippen LogP contribution in [0.4, 0.5) is 0 Å². The van der Waals surface area contributed by atoms with Gasteiger partial charge in [-0.15, -0.1) is 10.2 Å². The van der Waals surface area contributed by atoms with Crippen LogP contribution >= 0.6 is 0 Å². The number of aliphatic hydroxyl groups is 1. The molecule has 1 saturated heterocycles. The highest BCUT2D eigenvalue weighted by Crippen LogP contribution is 2.32. The van der Waals surface area contributed by atoms with Gasteiger partial charge in [-0.2, -0.15) is 0 Å². The Morgan fingerprint density at radius 1 is 1.33 bits per heavy atom. The molecule has 0 saturated carbocycles. The number of fused-ring (bicyclic) bond motifs is 1. The first kappa shape index (κ1) is 12.1. The lowest BCUT2D eigenvalue weighted by atomic mass is 10.00. The van der Waals surface area contributed by atoms with E-state index in [9.17, 15) is 5.11 Å². The predicted molar refractivity (Wildman–Crippen MR) is 68.1 cm³/mol. The molecular formula is C13H22N4O. The van der Waals surface area contributed by atoms with Crippen molar-refractivity contribution in [2.24, 2.45) is 5.92 Å². The van der Waals surface area contributed by atoms with Gasteiger partial charge >= 0.3 is 0 Å². The molecule has 5 heteroatoms. The van der Waals surface area contributed by atoms with Gasteiger partial charge in [0.05, 0.1) is 6.04 Å². The number of aromatic nitrogens is 3. The van der Waals surface area contributed by atoms with Crippen LogP contribution in [0.15, 0.2) is 0 Å². The standard InChI is InChI=1S/C13H22N4O/c1-2-16-7-3-4-11(16)13-15-14-12-6-5-10(9-18)8-17(12)13/h10-11,18H,2-9H2,1H3. The number of nitrogens with zero attached hydrogens (tertiary/aromatic N) is 4. The number of aryl methyl sites for hydroxylation is 1. The van der Waals surface area contributed by atoms with Gasteiger partial charge in [-0.05, 0) is 32.4 Å². The van der Waals surface area contributed by atoms with Gasteiger partial charge in [-0.3, -0.25) is 4.90 Å². The van der Waals surface area contributed by atoms with Gasteiger partial charge in [0.15, 0.2) is 0 Å². The fourth-order valence-corrected chi connectivity index (χ4v) is 3.31. The van der Waals surface area contributed by atoms with Crippen LogP contribution in [-0.2, 0) is 13.0 Å². The fraction of sp³-hybridized carbons (Fsp3) is 0.846. The maximum absolute atomic E-state index is 9.34. The van der Waals surface area contributed by atoms with Gasteiger partial charge in [-0.25, -0.2) is 0 Å². The third kappa shape index (κ3) is 1.95. The average molecular weight is 250 g/mol. The van der Waals surface area contributed by atoms with Crippen LogP contribution in [0.2, 0.25) is 0 Å². The largest absolute Gasteiger partial charge is 0.396 e. The number of likely N-dealkylation sites (tertiary alicyclic amines) is 1. The van der Waals surface area contributed by atoms with E-state index >= 15 is 0 Å². The summed E-state index contributed by atoms with van der Waals surface area (Å²) in [6.45, 7) is 5.63. The van der Waals surface area contributed by atoms with E-state index in [0.717, 1.165) is 37.6 Å². The van der Waals surface area contributed by atoms with Crippen molar-refractivity contribution < 1.29 is 5.11 Å². The lowest BCUT2D eigenvalue weighted by molar-refractivity contribution is 0.184. The SMILES string of the molecule is CCN1CCCC1c1nnc2n1CC(CO)CC2. The molecule has 2 unspecified atom stereocenters. The lowest BCUT2D eigenvalue weighted by Crippen LogP contribution is -2.29. The monoisotopic (exact) mass is 250 g/mol. The van der Waals surface area contributed by atoms with E-state index in [1.165, 1.54) is 19.4 Å². The number of hydrogen-bond acceptors (Lipinski definition) is 4. The maximum atomic E-state index is 9.34. The summed E-state index contributed by atoms with van der Waals surface area (Å²) in [4.78, 5) is 2.49. The Morgan fingerprint density at radius 2 is 2.22 bits per heavy atom. The smallest absolute Gasteiger partial charge is 0.150 e. The molecule has 2 aliphatic rings. The number of rotatable bonds is 3. The summed E-state index contributed by atoms with van der Waals surface area (Å²) in [7, 11) is 0. The summed E-state index contributed by atoms with van der Waals surface area (Å²) in [5, 5.41) is 18.1. The average Bonchev–Trinajstić information content (AvgIpc) is 3.03. The Balaban J connectivity index is 1.87. The Kier molecular flexibility index (Phi) is 3.35. The third-order valence-corrected chi connectivity index (χ3v) is 4.40. The molecule has 18 heavy (non-hydrogen) atoms. The zero-order valence-electron chi connectivity index (χ0n) is 11.0. The second-order valence-electron chi connectivity index (χ2n) is 5.46. The van der Waals surface area contributed by atoms with Gasteiger partial charge in [0, 0.05) is 25.5 Å². The number of aliphatic hydroxyl groups excluding tert-OH is 1. The second kappa shape index (κ2) is 4.97. The molecule has 2 atom stereocenters. The van der Waals surface area contributed by atoms with Crippen molar-refractivity contribution in [2.75, 3.05) is 19.7 Å². The van der Waals surface area contributed by atoms with Crippen LogP contribution in [0.1, 0.15) is 43.9 Å². The second-order valence-corrected chi connectivity index (χ2v) is 5.46. The minimum atomic E-state index is 0.277. The molecule has 3 rings (SSSR count). The van der Waals surface area contributed by atoms with Crippen LogP contribution in [0.25, 0.3) is 0 Å². The van der Waals surface area contributed by atoms with Crippen LogP contribution in [0, 0.1) is 5.92 Å². The lowest BCUT2D eigenvalue weighted by Gasteiger charge is -2.27. The summed E-state index contributed by atoms with van der Waals surface area (Å²) in [5.74, 6) is 2.61. The van der Waals surface area contributed by atoms with E-state index in [1.807, 2.05) is 0 Å². The first-order valence-corrected chi connectivity index (χ1v) is 7.10. The summed E-state index contributed by atoms with van der Waals surface area (Å²) >= 11 is 0. The van der Waals surface area contributed by atoms with Crippen LogP contribution in [0.5, 0.6) is 0 Å². The van der Waals surface area contributed by atoms with Gasteiger partial charge in [0.1, 0.15) is 11.6 Å². The van der Waals surface area contributed by atoms with E-state index in [-0.39, 0.29) is 6.61 Å². The highest BCUT2D eigenvalue weighted by Gasteiger charge is 2.32. The zero-order chi connectivity index (χ0) is 12.5. The summed E-state index contributed by atoms with van der Waals surface area (Å²) in [6, 6.07) is 0.439. The van der Waals surface area contributed by atoms with Gasteiger partial charge < -0.3 is 9.67 Å². The molecule has 0 bridgehead atoms. The highest BCUT2D eigenvalue weighted by atomic mass is 16.3.